The molecule has 1 fully saturated rings. The zero-order valence-electron chi connectivity index (χ0n) is 16.7. The second-order valence-corrected chi connectivity index (χ2v) is 7.20. The number of rotatable bonds is 5. The lowest BCUT2D eigenvalue weighted by Crippen LogP contribution is -2.48. The van der Waals surface area contributed by atoms with E-state index in [0.717, 1.165) is 29.7 Å². The van der Waals surface area contributed by atoms with Crippen LogP contribution in [0.15, 0.2) is 48.5 Å². The van der Waals surface area contributed by atoms with Crippen molar-refractivity contribution >= 4 is 34.2 Å². The van der Waals surface area contributed by atoms with Crippen LogP contribution in [-0.4, -0.2) is 61.6 Å². The molecule has 30 heavy (non-hydrogen) atoms. The monoisotopic (exact) mass is 410 g/mol. The Morgan fingerprint density at radius 1 is 1.07 bits per heavy atom. The molecule has 0 radical (unpaired) electrons. The van der Waals surface area contributed by atoms with Crippen molar-refractivity contribution in [1.82, 2.24) is 9.88 Å². The number of methoxy groups -OCH3 is 1. The molecule has 4 rings (SSSR count). The van der Waals surface area contributed by atoms with Crippen LogP contribution in [-0.2, 0) is 9.53 Å². The number of hydrogen-bond acceptors (Lipinski definition) is 5. The predicted molar refractivity (Wildman–Crippen MR) is 113 cm³/mol. The second-order valence-electron chi connectivity index (χ2n) is 7.20. The number of amides is 1. The fraction of sp³-hybridized carbons (Fsp3) is 0.273. The summed E-state index contributed by atoms with van der Waals surface area (Å²) in [5, 5.41) is 3.63. The molecule has 1 aliphatic rings. The Balaban J connectivity index is 1.40. The maximum atomic E-state index is 13.1. The van der Waals surface area contributed by atoms with E-state index >= 15 is 0 Å². The first-order valence-corrected chi connectivity index (χ1v) is 9.77. The third-order valence-electron chi connectivity index (χ3n) is 5.29. The molecule has 1 saturated heterocycles. The number of carbonyl (C=O) groups excluding carboxylic acids is 2. The van der Waals surface area contributed by atoms with Crippen molar-refractivity contribution in [3.63, 3.8) is 0 Å². The number of aromatic amines is 1. The Morgan fingerprint density at radius 3 is 2.47 bits per heavy atom. The number of esters is 1. The van der Waals surface area contributed by atoms with Crippen molar-refractivity contribution in [1.29, 1.82) is 0 Å². The highest BCUT2D eigenvalue weighted by Crippen LogP contribution is 2.28. The Morgan fingerprint density at radius 2 is 1.77 bits per heavy atom. The zero-order chi connectivity index (χ0) is 21.1. The summed E-state index contributed by atoms with van der Waals surface area (Å²) in [7, 11) is 1.31. The normalized spacial score (nSPS) is 14.7. The third-order valence-corrected chi connectivity index (χ3v) is 5.29. The minimum atomic E-state index is -0.533. The molecule has 1 aromatic heterocycles. The average molecular weight is 410 g/mol. The number of fused-ring (bicyclic) bond motifs is 1. The van der Waals surface area contributed by atoms with Crippen LogP contribution in [0.5, 0.6) is 0 Å². The van der Waals surface area contributed by atoms with Gasteiger partial charge in [-0.15, -0.1) is 0 Å². The highest BCUT2D eigenvalue weighted by molar-refractivity contribution is 6.11. The number of carbonyl (C=O) groups is 2. The summed E-state index contributed by atoms with van der Waals surface area (Å²) in [5.41, 5.74) is 2.39. The molecule has 3 aromatic rings. The number of benzene rings is 2. The van der Waals surface area contributed by atoms with E-state index in [1.54, 1.807) is 12.1 Å². The maximum Gasteiger partial charge on any atom is 0.356 e. The highest BCUT2D eigenvalue weighted by atomic mass is 19.1. The van der Waals surface area contributed by atoms with Gasteiger partial charge in [-0.3, -0.25) is 9.69 Å². The van der Waals surface area contributed by atoms with Gasteiger partial charge >= 0.3 is 5.97 Å². The van der Waals surface area contributed by atoms with Crippen molar-refractivity contribution in [3.05, 3.63) is 60.0 Å². The molecule has 0 spiro atoms. The van der Waals surface area contributed by atoms with Crippen molar-refractivity contribution < 1.29 is 18.7 Å². The summed E-state index contributed by atoms with van der Waals surface area (Å²) in [6, 6.07) is 13.8. The summed E-state index contributed by atoms with van der Waals surface area (Å²) >= 11 is 0. The maximum absolute atomic E-state index is 13.1. The highest BCUT2D eigenvalue weighted by Gasteiger charge is 2.23. The van der Waals surface area contributed by atoms with Crippen LogP contribution in [0.3, 0.4) is 0 Å². The van der Waals surface area contributed by atoms with Gasteiger partial charge in [0.2, 0.25) is 5.91 Å². The Bertz CT molecular complexity index is 1060. The summed E-state index contributed by atoms with van der Waals surface area (Å²) in [6.45, 7) is 3.14. The third kappa shape index (κ3) is 4.13. The van der Waals surface area contributed by atoms with E-state index in [2.05, 4.69) is 20.1 Å². The number of piperazine rings is 1. The minimum absolute atomic E-state index is 0.194. The van der Waals surface area contributed by atoms with Gasteiger partial charge in [0.25, 0.3) is 0 Å². The minimum Gasteiger partial charge on any atom is -0.464 e. The zero-order valence-corrected chi connectivity index (χ0v) is 16.7. The topological polar surface area (TPSA) is 77.7 Å². The van der Waals surface area contributed by atoms with Crippen molar-refractivity contribution in [3.8, 4) is 0 Å². The van der Waals surface area contributed by atoms with E-state index in [0.29, 0.717) is 18.8 Å². The predicted octanol–water partition coefficient (Wildman–Crippen LogP) is 2.85. The molecule has 2 aromatic carbocycles. The molecule has 0 aliphatic carbocycles. The number of halogens is 1. The van der Waals surface area contributed by atoms with Crippen LogP contribution in [0.1, 0.15) is 10.5 Å². The summed E-state index contributed by atoms with van der Waals surface area (Å²) in [6.07, 6.45) is 0. The lowest BCUT2D eigenvalue weighted by Gasteiger charge is -2.35. The van der Waals surface area contributed by atoms with Crippen LogP contribution < -0.4 is 10.2 Å². The molecular weight excluding hydrogens is 387 g/mol. The number of para-hydroxylation sites is 1. The molecule has 0 atom stereocenters. The van der Waals surface area contributed by atoms with Gasteiger partial charge in [0.1, 0.15) is 11.5 Å². The first kappa shape index (κ1) is 19.9. The molecule has 7 nitrogen and oxygen atoms in total. The molecule has 156 valence electrons. The van der Waals surface area contributed by atoms with E-state index in [9.17, 15) is 14.0 Å². The van der Waals surface area contributed by atoms with Gasteiger partial charge in [-0.25, -0.2) is 9.18 Å². The Labute approximate surface area is 173 Å². The SMILES string of the molecule is COC(=O)c1[nH]c2ccccc2c1NC(=O)CN1CCN(c2ccc(F)cc2)CC1. The van der Waals surface area contributed by atoms with Crippen LogP contribution in [0.2, 0.25) is 0 Å². The van der Waals surface area contributed by atoms with Crippen LogP contribution in [0.25, 0.3) is 10.9 Å². The van der Waals surface area contributed by atoms with Crippen LogP contribution in [0, 0.1) is 5.82 Å². The fourth-order valence-electron chi connectivity index (χ4n) is 3.73. The van der Waals surface area contributed by atoms with E-state index in [4.69, 9.17) is 4.74 Å². The van der Waals surface area contributed by atoms with Gasteiger partial charge in [-0.05, 0) is 30.3 Å². The summed E-state index contributed by atoms with van der Waals surface area (Å²) in [4.78, 5) is 32.1. The first-order valence-electron chi connectivity index (χ1n) is 9.77. The number of anilines is 2. The van der Waals surface area contributed by atoms with Gasteiger partial charge < -0.3 is 19.9 Å². The standard InChI is InChI=1S/C22H23FN4O3/c1-30-22(29)21-20(17-4-2-3-5-18(17)24-21)25-19(28)14-26-10-12-27(13-11-26)16-8-6-15(23)7-9-16/h2-9,24H,10-14H2,1H3,(H,25,28). The van der Waals surface area contributed by atoms with Gasteiger partial charge in [-0.2, -0.15) is 0 Å². The molecule has 2 N–H and O–H groups in total. The number of aromatic nitrogens is 1. The Kier molecular flexibility index (Phi) is 5.67. The van der Waals surface area contributed by atoms with Gasteiger partial charge in [0.15, 0.2) is 0 Å². The van der Waals surface area contributed by atoms with Gasteiger partial charge in [0, 0.05) is 42.8 Å². The van der Waals surface area contributed by atoms with Crippen LogP contribution in [0.4, 0.5) is 15.8 Å². The summed E-state index contributed by atoms with van der Waals surface area (Å²) < 4.78 is 17.9. The number of nitrogens with one attached hydrogen (secondary N) is 2. The molecule has 8 heteroatoms. The van der Waals surface area contributed by atoms with E-state index in [-0.39, 0.29) is 24.0 Å². The second kappa shape index (κ2) is 8.54. The molecule has 2 heterocycles. The number of H-pyrrole nitrogens is 1. The fourth-order valence-corrected chi connectivity index (χ4v) is 3.73. The van der Waals surface area contributed by atoms with Gasteiger partial charge in [0.05, 0.1) is 19.3 Å². The first-order chi connectivity index (χ1) is 14.5. The van der Waals surface area contributed by atoms with Crippen molar-refractivity contribution in [2.75, 3.05) is 50.1 Å². The number of nitrogens with zero attached hydrogens (tertiary/aromatic N) is 2. The largest absolute Gasteiger partial charge is 0.464 e. The molecule has 1 aliphatic heterocycles. The number of hydrogen-bond donors (Lipinski definition) is 2. The number of ether oxygens (including phenoxy) is 1. The Hall–Kier alpha value is -3.39. The average Bonchev–Trinajstić information content (AvgIpc) is 3.13. The molecule has 0 saturated carbocycles. The molecule has 0 unspecified atom stereocenters. The van der Waals surface area contributed by atoms with E-state index in [1.165, 1.54) is 19.2 Å². The molecule has 1 amide bonds. The van der Waals surface area contributed by atoms with E-state index < -0.39 is 5.97 Å². The van der Waals surface area contributed by atoms with Crippen molar-refractivity contribution in [2.24, 2.45) is 0 Å². The smallest absolute Gasteiger partial charge is 0.356 e. The van der Waals surface area contributed by atoms with Crippen molar-refractivity contribution in [2.45, 2.75) is 0 Å². The summed E-state index contributed by atoms with van der Waals surface area (Å²) in [5.74, 6) is -0.979. The van der Waals surface area contributed by atoms with Gasteiger partial charge in [-0.1, -0.05) is 18.2 Å². The lowest BCUT2D eigenvalue weighted by atomic mass is 10.2. The molecule has 0 bridgehead atoms. The lowest BCUT2D eigenvalue weighted by molar-refractivity contribution is -0.117. The van der Waals surface area contributed by atoms with E-state index in [1.807, 2.05) is 24.3 Å². The quantitative estimate of drug-likeness (QED) is 0.633. The molecular formula is C22H23FN4O3. The van der Waals surface area contributed by atoms with Crippen LogP contribution >= 0.6 is 0 Å².